The van der Waals surface area contributed by atoms with Crippen LogP contribution >= 0.6 is 0 Å². The van der Waals surface area contributed by atoms with Crippen molar-refractivity contribution in [1.82, 2.24) is 14.4 Å². The van der Waals surface area contributed by atoms with E-state index in [1.807, 2.05) is 46.1 Å². The molecule has 190 valence electrons. The molecule has 4 rings (SSSR count). The molecular weight excluding hydrogens is 440 g/mol. The molecule has 2 amide bonds. The number of piperidine rings is 2. The van der Waals surface area contributed by atoms with Gasteiger partial charge < -0.3 is 24.0 Å². The Morgan fingerprint density at radius 2 is 1.63 bits per heavy atom. The zero-order chi connectivity index (χ0) is 25.0. The lowest BCUT2D eigenvalue weighted by Crippen LogP contribution is -2.42. The minimum Gasteiger partial charge on any atom is -0.444 e. The first-order valence-electron chi connectivity index (χ1n) is 13.0. The third kappa shape index (κ3) is 6.38. The Balaban J connectivity index is 1.34. The number of carbonyl (C=O) groups is 2. The maximum absolute atomic E-state index is 13.3. The van der Waals surface area contributed by atoms with E-state index in [0.717, 1.165) is 31.5 Å². The molecule has 0 unspecified atom stereocenters. The number of nitrogens with zero attached hydrogens (tertiary/aromatic N) is 4. The van der Waals surface area contributed by atoms with E-state index in [-0.39, 0.29) is 18.0 Å². The van der Waals surface area contributed by atoms with E-state index in [9.17, 15) is 9.59 Å². The number of ether oxygens (including phenoxy) is 1. The minimum atomic E-state index is -0.494. The van der Waals surface area contributed by atoms with Crippen LogP contribution in [0.2, 0.25) is 0 Å². The second kappa shape index (κ2) is 10.8. The van der Waals surface area contributed by atoms with Gasteiger partial charge in [-0.3, -0.25) is 4.79 Å². The van der Waals surface area contributed by atoms with Crippen LogP contribution in [0.5, 0.6) is 0 Å². The summed E-state index contributed by atoms with van der Waals surface area (Å²) in [5.74, 6) is 0.0182. The highest BCUT2D eigenvalue weighted by Crippen LogP contribution is 2.27. The first kappa shape index (κ1) is 25.1. The fourth-order valence-corrected chi connectivity index (χ4v) is 5.05. The number of likely N-dealkylation sites (tertiary alicyclic amines) is 1. The Morgan fingerprint density at radius 3 is 2.26 bits per heavy atom. The molecule has 1 aromatic carbocycles. The molecule has 0 radical (unpaired) electrons. The molecule has 0 N–H and O–H groups in total. The van der Waals surface area contributed by atoms with Gasteiger partial charge in [0.05, 0.1) is 0 Å². The molecule has 0 atom stereocenters. The number of rotatable bonds is 5. The zero-order valence-corrected chi connectivity index (χ0v) is 21.7. The number of carbonyl (C=O) groups excluding carboxylic acids is 2. The molecule has 0 saturated carbocycles. The van der Waals surface area contributed by atoms with Gasteiger partial charge in [-0.15, -0.1) is 0 Å². The van der Waals surface area contributed by atoms with Crippen molar-refractivity contribution in [3.05, 3.63) is 53.9 Å². The molecule has 0 bridgehead atoms. The Hall–Kier alpha value is -2.96. The van der Waals surface area contributed by atoms with Crippen molar-refractivity contribution in [2.45, 2.75) is 71.1 Å². The highest BCUT2D eigenvalue weighted by molar-refractivity contribution is 5.92. The summed E-state index contributed by atoms with van der Waals surface area (Å²) >= 11 is 0. The molecule has 0 spiro atoms. The maximum atomic E-state index is 13.3. The summed E-state index contributed by atoms with van der Waals surface area (Å²) in [6, 6.07) is 12.7. The van der Waals surface area contributed by atoms with Crippen molar-refractivity contribution in [3.8, 4) is 0 Å². The quantitative estimate of drug-likeness (QED) is 0.581. The zero-order valence-electron chi connectivity index (χ0n) is 21.7. The molecule has 2 fully saturated rings. The topological polar surface area (TPSA) is 58.0 Å². The van der Waals surface area contributed by atoms with E-state index >= 15 is 0 Å². The van der Waals surface area contributed by atoms with Gasteiger partial charge in [-0.2, -0.15) is 0 Å². The van der Waals surface area contributed by atoms with Crippen LogP contribution in [0, 0.1) is 0 Å². The summed E-state index contributed by atoms with van der Waals surface area (Å²) in [6.07, 6.45) is 7.18. The van der Waals surface area contributed by atoms with E-state index < -0.39 is 5.60 Å². The lowest BCUT2D eigenvalue weighted by atomic mass is 10.0. The Kier molecular flexibility index (Phi) is 7.72. The van der Waals surface area contributed by atoms with Crippen molar-refractivity contribution in [2.24, 2.45) is 0 Å². The Bertz CT molecular complexity index is 994. The van der Waals surface area contributed by atoms with Crippen molar-refractivity contribution < 1.29 is 14.3 Å². The Morgan fingerprint density at radius 1 is 0.971 bits per heavy atom. The Labute approximate surface area is 209 Å². The third-order valence-electron chi connectivity index (χ3n) is 6.93. The lowest BCUT2D eigenvalue weighted by Gasteiger charge is -2.34. The number of amides is 2. The van der Waals surface area contributed by atoms with Gasteiger partial charge in [0.15, 0.2) is 0 Å². The van der Waals surface area contributed by atoms with Gasteiger partial charge >= 0.3 is 6.09 Å². The van der Waals surface area contributed by atoms with Crippen molar-refractivity contribution in [3.63, 3.8) is 0 Å². The highest BCUT2D eigenvalue weighted by Gasteiger charge is 2.29. The number of aromatic nitrogens is 1. The number of benzene rings is 1. The number of hydrogen-bond acceptors (Lipinski definition) is 4. The van der Waals surface area contributed by atoms with E-state index in [1.54, 1.807) is 9.80 Å². The number of anilines is 1. The van der Waals surface area contributed by atoms with E-state index in [4.69, 9.17) is 4.74 Å². The third-order valence-corrected chi connectivity index (χ3v) is 6.93. The predicted octanol–water partition coefficient (Wildman–Crippen LogP) is 5.32. The van der Waals surface area contributed by atoms with Crippen LogP contribution in [0.25, 0.3) is 0 Å². The summed E-state index contributed by atoms with van der Waals surface area (Å²) in [4.78, 5) is 31.7. The lowest BCUT2D eigenvalue weighted by molar-refractivity contribution is 0.0186. The molecule has 7 heteroatoms. The van der Waals surface area contributed by atoms with Gasteiger partial charge in [0.1, 0.15) is 11.3 Å². The first-order chi connectivity index (χ1) is 16.7. The number of hydrogen-bond donors (Lipinski definition) is 0. The van der Waals surface area contributed by atoms with Crippen molar-refractivity contribution in [1.29, 1.82) is 0 Å². The molecule has 1 aromatic heterocycles. The second-order valence-corrected chi connectivity index (χ2v) is 10.9. The van der Waals surface area contributed by atoms with E-state index in [2.05, 4.69) is 33.7 Å². The maximum Gasteiger partial charge on any atom is 0.410 e. The minimum absolute atomic E-state index is 0.0182. The molecule has 3 heterocycles. The van der Waals surface area contributed by atoms with Crippen LogP contribution in [-0.4, -0.2) is 65.2 Å². The van der Waals surface area contributed by atoms with Gasteiger partial charge in [-0.25, -0.2) is 4.79 Å². The fourth-order valence-electron chi connectivity index (χ4n) is 5.05. The predicted molar refractivity (Wildman–Crippen MR) is 139 cm³/mol. The summed E-state index contributed by atoms with van der Waals surface area (Å²) in [5, 5.41) is 0. The molecular formula is C28H40N4O3. The summed E-state index contributed by atoms with van der Waals surface area (Å²) in [7, 11) is 1.86. The van der Waals surface area contributed by atoms with Crippen LogP contribution in [-0.2, 0) is 11.3 Å². The summed E-state index contributed by atoms with van der Waals surface area (Å²) in [5.41, 5.74) is 2.61. The fraction of sp³-hybridized carbons (Fsp3) is 0.571. The SMILES string of the molecule is CN(Cc1ccc(N2CCCCC2)cc1)C(=O)c1cccn1C1CCN(C(=O)OC(C)(C)C)CC1. The highest BCUT2D eigenvalue weighted by atomic mass is 16.6. The summed E-state index contributed by atoms with van der Waals surface area (Å²) in [6.45, 7) is 9.74. The van der Waals surface area contributed by atoms with E-state index in [0.29, 0.717) is 25.3 Å². The normalized spacial score (nSPS) is 17.4. The van der Waals surface area contributed by atoms with Crippen LogP contribution in [0.4, 0.5) is 10.5 Å². The molecule has 2 aromatic rings. The second-order valence-electron chi connectivity index (χ2n) is 10.9. The summed E-state index contributed by atoms with van der Waals surface area (Å²) < 4.78 is 7.60. The largest absolute Gasteiger partial charge is 0.444 e. The average Bonchev–Trinajstić information content (AvgIpc) is 3.33. The molecule has 2 aliphatic heterocycles. The smallest absolute Gasteiger partial charge is 0.410 e. The molecule has 2 saturated heterocycles. The van der Waals surface area contributed by atoms with Crippen LogP contribution in [0.3, 0.4) is 0 Å². The standard InChI is InChI=1S/C28H40N4O3/c1-28(2,3)35-27(34)31-19-14-24(15-20-31)32-18-8-9-25(32)26(33)29(4)21-22-10-12-23(13-11-22)30-16-6-5-7-17-30/h8-13,18,24H,5-7,14-17,19-21H2,1-4H3. The molecule has 35 heavy (non-hydrogen) atoms. The van der Waals surface area contributed by atoms with Crippen LogP contribution in [0.15, 0.2) is 42.6 Å². The van der Waals surface area contributed by atoms with Gasteiger partial charge in [-0.1, -0.05) is 12.1 Å². The molecule has 2 aliphatic rings. The van der Waals surface area contributed by atoms with Gasteiger partial charge in [0.25, 0.3) is 5.91 Å². The molecule has 7 nitrogen and oxygen atoms in total. The monoisotopic (exact) mass is 480 g/mol. The van der Waals surface area contributed by atoms with Crippen molar-refractivity contribution in [2.75, 3.05) is 38.1 Å². The van der Waals surface area contributed by atoms with Gasteiger partial charge in [-0.05, 0) is 82.7 Å². The first-order valence-corrected chi connectivity index (χ1v) is 13.0. The molecule has 0 aliphatic carbocycles. The van der Waals surface area contributed by atoms with Gasteiger partial charge in [0.2, 0.25) is 0 Å². The average molecular weight is 481 g/mol. The van der Waals surface area contributed by atoms with Crippen LogP contribution < -0.4 is 4.90 Å². The van der Waals surface area contributed by atoms with E-state index in [1.165, 1.54) is 24.9 Å². The van der Waals surface area contributed by atoms with Crippen LogP contribution in [0.1, 0.15) is 75.0 Å². The van der Waals surface area contributed by atoms with Gasteiger partial charge in [0, 0.05) is 57.7 Å². The van der Waals surface area contributed by atoms with Crippen molar-refractivity contribution >= 4 is 17.7 Å².